The summed E-state index contributed by atoms with van der Waals surface area (Å²) in [5, 5.41) is 0. The van der Waals surface area contributed by atoms with Crippen molar-refractivity contribution >= 4 is 0 Å². The Morgan fingerprint density at radius 3 is 2.33 bits per heavy atom. The van der Waals surface area contributed by atoms with Gasteiger partial charge in [0.25, 0.3) is 6.43 Å². The summed E-state index contributed by atoms with van der Waals surface area (Å²) in [6.45, 7) is 3.58. The highest BCUT2D eigenvalue weighted by Crippen LogP contribution is 2.51. The number of benzene rings is 2. The third kappa shape index (κ3) is 1.29. The highest BCUT2D eigenvalue weighted by Gasteiger charge is 2.46. The summed E-state index contributed by atoms with van der Waals surface area (Å²) in [5.74, 6) is 0. The SMILES string of the molecule is Cc1ccc2c(c1)C(C)(C(F)F)c1ccccc1-2. The fraction of sp³-hybridized carbons (Fsp3) is 0.250. The van der Waals surface area contributed by atoms with Gasteiger partial charge >= 0.3 is 0 Å². The van der Waals surface area contributed by atoms with Crippen LogP contribution in [0.25, 0.3) is 11.1 Å². The fourth-order valence-corrected chi connectivity index (χ4v) is 2.87. The molecule has 1 aliphatic carbocycles. The summed E-state index contributed by atoms with van der Waals surface area (Å²) in [5.41, 5.74) is 3.21. The van der Waals surface area contributed by atoms with Crippen molar-refractivity contribution in [1.29, 1.82) is 0 Å². The molecule has 92 valence electrons. The lowest BCUT2D eigenvalue weighted by Crippen LogP contribution is -2.29. The molecule has 2 heteroatoms. The third-order valence-corrected chi connectivity index (χ3v) is 3.95. The van der Waals surface area contributed by atoms with Crippen LogP contribution in [-0.4, -0.2) is 6.43 Å². The molecule has 0 saturated heterocycles. The number of alkyl halides is 2. The van der Waals surface area contributed by atoms with Crippen molar-refractivity contribution in [3.63, 3.8) is 0 Å². The Morgan fingerprint density at radius 1 is 0.944 bits per heavy atom. The van der Waals surface area contributed by atoms with Crippen LogP contribution in [0.3, 0.4) is 0 Å². The van der Waals surface area contributed by atoms with Crippen molar-refractivity contribution < 1.29 is 8.78 Å². The average Bonchev–Trinajstić information content (AvgIpc) is 2.61. The van der Waals surface area contributed by atoms with Gasteiger partial charge in [0.1, 0.15) is 0 Å². The van der Waals surface area contributed by atoms with E-state index in [1.165, 1.54) is 0 Å². The zero-order valence-corrected chi connectivity index (χ0v) is 10.4. The second kappa shape index (κ2) is 3.64. The molecule has 0 aliphatic heterocycles. The normalized spacial score (nSPS) is 20.9. The molecule has 0 fully saturated rings. The maximum Gasteiger partial charge on any atom is 0.251 e. The van der Waals surface area contributed by atoms with Crippen LogP contribution in [0.4, 0.5) is 8.78 Å². The van der Waals surface area contributed by atoms with Crippen molar-refractivity contribution in [3.8, 4) is 11.1 Å². The lowest BCUT2D eigenvalue weighted by atomic mass is 9.80. The Hall–Kier alpha value is -1.70. The van der Waals surface area contributed by atoms with Gasteiger partial charge in [0.2, 0.25) is 0 Å². The lowest BCUT2D eigenvalue weighted by molar-refractivity contribution is 0.0829. The van der Waals surface area contributed by atoms with Crippen LogP contribution in [0.15, 0.2) is 42.5 Å². The van der Waals surface area contributed by atoms with Crippen LogP contribution in [0.1, 0.15) is 23.6 Å². The number of hydrogen-bond acceptors (Lipinski definition) is 0. The minimum absolute atomic E-state index is 0.737. The molecule has 1 atom stereocenters. The largest absolute Gasteiger partial charge is 0.251 e. The Morgan fingerprint density at radius 2 is 1.61 bits per heavy atom. The number of rotatable bonds is 1. The zero-order valence-electron chi connectivity index (χ0n) is 10.4. The Labute approximate surface area is 105 Å². The Balaban J connectivity index is 2.39. The van der Waals surface area contributed by atoms with Crippen molar-refractivity contribution in [1.82, 2.24) is 0 Å². The first-order valence-electron chi connectivity index (χ1n) is 6.04. The maximum atomic E-state index is 13.6. The third-order valence-electron chi connectivity index (χ3n) is 3.95. The van der Waals surface area contributed by atoms with Crippen molar-refractivity contribution in [3.05, 3.63) is 59.2 Å². The second-order valence-corrected chi connectivity index (χ2v) is 5.10. The molecule has 1 unspecified atom stereocenters. The number of aryl methyl sites for hydroxylation is 1. The smallest absolute Gasteiger partial charge is 0.209 e. The molecule has 0 nitrogen and oxygen atoms in total. The molecule has 18 heavy (non-hydrogen) atoms. The molecule has 0 heterocycles. The quantitative estimate of drug-likeness (QED) is 0.690. The van der Waals surface area contributed by atoms with Gasteiger partial charge in [0.15, 0.2) is 0 Å². The molecule has 0 N–H and O–H groups in total. The molecule has 0 radical (unpaired) electrons. The van der Waals surface area contributed by atoms with Crippen LogP contribution >= 0.6 is 0 Å². The Bertz CT molecular complexity index is 616. The average molecular weight is 244 g/mol. The van der Waals surface area contributed by atoms with Gasteiger partial charge in [-0.3, -0.25) is 0 Å². The highest BCUT2D eigenvalue weighted by molar-refractivity contribution is 5.81. The van der Waals surface area contributed by atoms with E-state index in [0.29, 0.717) is 0 Å². The van der Waals surface area contributed by atoms with Gasteiger partial charge in [-0.1, -0.05) is 48.0 Å². The van der Waals surface area contributed by atoms with Crippen LogP contribution < -0.4 is 0 Å². The molecule has 0 amide bonds. The fourth-order valence-electron chi connectivity index (χ4n) is 2.87. The van der Waals surface area contributed by atoms with Crippen LogP contribution in [-0.2, 0) is 5.41 Å². The molecule has 0 aromatic heterocycles. The van der Waals surface area contributed by atoms with Crippen molar-refractivity contribution in [2.75, 3.05) is 0 Å². The van der Waals surface area contributed by atoms with E-state index in [1.807, 2.05) is 49.4 Å². The summed E-state index contributed by atoms with van der Waals surface area (Å²) in [6.07, 6.45) is -2.40. The lowest BCUT2D eigenvalue weighted by Gasteiger charge is -2.26. The predicted molar refractivity (Wildman–Crippen MR) is 69.1 cm³/mol. The molecular weight excluding hydrogens is 230 g/mol. The van der Waals surface area contributed by atoms with E-state index in [4.69, 9.17) is 0 Å². The molecule has 0 spiro atoms. The van der Waals surface area contributed by atoms with Gasteiger partial charge in [-0.25, -0.2) is 8.78 Å². The summed E-state index contributed by atoms with van der Waals surface area (Å²) < 4.78 is 27.2. The molecular formula is C16H14F2. The van der Waals surface area contributed by atoms with Crippen LogP contribution in [0, 0.1) is 6.92 Å². The minimum Gasteiger partial charge on any atom is -0.209 e. The highest BCUT2D eigenvalue weighted by atomic mass is 19.3. The maximum absolute atomic E-state index is 13.6. The number of fused-ring (bicyclic) bond motifs is 3. The van der Waals surface area contributed by atoms with E-state index in [2.05, 4.69) is 0 Å². The minimum atomic E-state index is -2.40. The van der Waals surface area contributed by atoms with Gasteiger partial charge in [-0.15, -0.1) is 0 Å². The van der Waals surface area contributed by atoms with E-state index in [9.17, 15) is 8.78 Å². The molecule has 0 saturated carbocycles. The standard InChI is InChI=1S/C16H14F2/c1-10-7-8-12-11-5-3-4-6-13(11)16(2,15(17)18)14(12)9-10/h3-9,15H,1-2H3. The predicted octanol–water partition coefficient (Wildman–Crippen LogP) is 4.55. The summed E-state index contributed by atoms with van der Waals surface area (Å²) >= 11 is 0. The zero-order chi connectivity index (χ0) is 12.9. The van der Waals surface area contributed by atoms with E-state index in [1.54, 1.807) is 6.92 Å². The topological polar surface area (TPSA) is 0 Å². The number of halogens is 2. The monoisotopic (exact) mass is 244 g/mol. The second-order valence-electron chi connectivity index (χ2n) is 5.10. The first-order valence-corrected chi connectivity index (χ1v) is 6.04. The first-order chi connectivity index (χ1) is 8.55. The molecule has 0 bridgehead atoms. The molecule has 2 aromatic carbocycles. The van der Waals surface area contributed by atoms with Crippen molar-refractivity contribution in [2.45, 2.75) is 25.7 Å². The van der Waals surface area contributed by atoms with E-state index < -0.39 is 11.8 Å². The van der Waals surface area contributed by atoms with E-state index in [0.717, 1.165) is 27.8 Å². The van der Waals surface area contributed by atoms with Gasteiger partial charge in [0, 0.05) is 0 Å². The molecule has 3 rings (SSSR count). The summed E-state index contributed by atoms with van der Waals surface area (Å²) in [7, 11) is 0. The van der Waals surface area contributed by atoms with Crippen LogP contribution in [0.2, 0.25) is 0 Å². The number of hydrogen-bond donors (Lipinski definition) is 0. The first kappa shape index (κ1) is 11.4. The van der Waals surface area contributed by atoms with E-state index >= 15 is 0 Å². The van der Waals surface area contributed by atoms with E-state index in [-0.39, 0.29) is 0 Å². The van der Waals surface area contributed by atoms with Crippen molar-refractivity contribution in [2.24, 2.45) is 0 Å². The summed E-state index contributed by atoms with van der Waals surface area (Å²) in [4.78, 5) is 0. The molecule has 2 aromatic rings. The van der Waals surface area contributed by atoms with Gasteiger partial charge in [-0.05, 0) is 36.1 Å². The van der Waals surface area contributed by atoms with Gasteiger partial charge in [0.05, 0.1) is 5.41 Å². The van der Waals surface area contributed by atoms with Gasteiger partial charge < -0.3 is 0 Å². The summed E-state index contributed by atoms with van der Waals surface area (Å²) in [6, 6.07) is 13.3. The Kier molecular flexibility index (Phi) is 2.31. The molecule has 1 aliphatic rings. The van der Waals surface area contributed by atoms with Gasteiger partial charge in [-0.2, -0.15) is 0 Å². The van der Waals surface area contributed by atoms with Crippen LogP contribution in [0.5, 0.6) is 0 Å².